The van der Waals surface area contributed by atoms with E-state index in [2.05, 4.69) is 54.8 Å². The Hall–Kier alpha value is -1.42. The summed E-state index contributed by atoms with van der Waals surface area (Å²) in [6.45, 7) is 6.03. The second-order valence-corrected chi connectivity index (χ2v) is 3.93. The maximum Gasteiger partial charge on any atom is 0.184 e. The summed E-state index contributed by atoms with van der Waals surface area (Å²) in [6, 6.07) is 6.24. The molecule has 0 saturated heterocycles. The van der Waals surface area contributed by atoms with E-state index in [0.717, 1.165) is 11.3 Å². The molecule has 3 nitrogen and oxygen atoms in total. The number of rotatable bonds is 2. The van der Waals surface area contributed by atoms with E-state index in [9.17, 15) is 0 Å². The molecular weight excluding hydrogens is 206 g/mol. The minimum Gasteiger partial charge on any atom is -0.375 e. The summed E-state index contributed by atoms with van der Waals surface area (Å²) in [4.78, 5) is 0. The molecule has 0 radical (unpaired) electrons. The average molecular weight is 221 g/mol. The van der Waals surface area contributed by atoms with Crippen molar-refractivity contribution in [1.29, 1.82) is 0 Å². The third kappa shape index (κ3) is 3.32. The summed E-state index contributed by atoms with van der Waals surface area (Å²) in [7, 11) is 0. The molecule has 0 aliphatic carbocycles. The highest BCUT2D eigenvalue weighted by Crippen LogP contribution is 2.11. The van der Waals surface area contributed by atoms with Gasteiger partial charge in [0.15, 0.2) is 5.11 Å². The van der Waals surface area contributed by atoms with Crippen LogP contribution in [0.25, 0.3) is 0 Å². The van der Waals surface area contributed by atoms with Gasteiger partial charge in [0.2, 0.25) is 0 Å². The van der Waals surface area contributed by atoms with E-state index in [4.69, 9.17) is 5.73 Å². The van der Waals surface area contributed by atoms with E-state index in [1.54, 1.807) is 0 Å². The van der Waals surface area contributed by atoms with Crippen LogP contribution in [-0.4, -0.2) is 10.8 Å². The van der Waals surface area contributed by atoms with Crippen molar-refractivity contribution in [2.75, 3.05) is 0 Å². The minimum absolute atomic E-state index is 0.180. The van der Waals surface area contributed by atoms with Crippen molar-refractivity contribution in [2.24, 2.45) is 10.8 Å². The smallest absolute Gasteiger partial charge is 0.184 e. The largest absolute Gasteiger partial charge is 0.375 e. The molecule has 0 aromatic heterocycles. The molecule has 0 bridgehead atoms. The lowest BCUT2D eigenvalue weighted by Crippen LogP contribution is -2.25. The second kappa shape index (κ2) is 4.89. The molecule has 0 amide bonds. The van der Waals surface area contributed by atoms with Crippen LogP contribution in [0, 0.1) is 13.8 Å². The van der Waals surface area contributed by atoms with Gasteiger partial charge in [-0.2, -0.15) is 5.10 Å². The van der Waals surface area contributed by atoms with Crippen LogP contribution in [0.15, 0.2) is 23.3 Å². The van der Waals surface area contributed by atoms with Crippen LogP contribution in [0.4, 0.5) is 0 Å². The van der Waals surface area contributed by atoms with Crippen molar-refractivity contribution < 1.29 is 0 Å². The van der Waals surface area contributed by atoms with Gasteiger partial charge in [0.05, 0.1) is 5.71 Å². The SMILES string of the molecule is C/C(=N\NC(N)=S)c1cc(C)ccc1C. The van der Waals surface area contributed by atoms with Gasteiger partial charge >= 0.3 is 0 Å². The Morgan fingerprint density at radius 2 is 2.07 bits per heavy atom. The highest BCUT2D eigenvalue weighted by Gasteiger charge is 2.02. The van der Waals surface area contributed by atoms with Gasteiger partial charge in [-0.15, -0.1) is 0 Å². The molecule has 0 fully saturated rings. The van der Waals surface area contributed by atoms with Crippen LogP contribution in [0.1, 0.15) is 23.6 Å². The van der Waals surface area contributed by atoms with Gasteiger partial charge in [-0.05, 0) is 44.6 Å². The van der Waals surface area contributed by atoms with Crippen molar-refractivity contribution in [2.45, 2.75) is 20.8 Å². The maximum atomic E-state index is 5.30. The van der Waals surface area contributed by atoms with Crippen LogP contribution in [-0.2, 0) is 0 Å². The third-order valence-corrected chi connectivity index (χ3v) is 2.21. The molecule has 0 spiro atoms. The van der Waals surface area contributed by atoms with Gasteiger partial charge in [-0.25, -0.2) is 0 Å². The van der Waals surface area contributed by atoms with E-state index >= 15 is 0 Å². The van der Waals surface area contributed by atoms with E-state index in [-0.39, 0.29) is 5.11 Å². The van der Waals surface area contributed by atoms with Gasteiger partial charge in [-0.3, -0.25) is 5.43 Å². The quantitative estimate of drug-likeness (QED) is 0.455. The second-order valence-electron chi connectivity index (χ2n) is 3.49. The number of hydrogen-bond donors (Lipinski definition) is 2. The summed E-state index contributed by atoms with van der Waals surface area (Å²) in [5.74, 6) is 0. The lowest BCUT2D eigenvalue weighted by molar-refractivity contribution is 1.03. The Morgan fingerprint density at radius 1 is 1.40 bits per heavy atom. The molecule has 80 valence electrons. The fraction of sp³-hybridized carbons (Fsp3) is 0.273. The first-order valence-electron chi connectivity index (χ1n) is 4.68. The number of aryl methyl sites for hydroxylation is 2. The van der Waals surface area contributed by atoms with Crippen molar-refractivity contribution >= 4 is 23.0 Å². The zero-order valence-corrected chi connectivity index (χ0v) is 9.98. The Kier molecular flexibility index (Phi) is 3.80. The molecule has 0 unspecified atom stereocenters. The standard InChI is InChI=1S/C11H15N3S/c1-7-4-5-8(2)10(6-7)9(3)13-14-11(12)15/h4-6H,1-3H3,(H3,12,14,15)/b13-9+. The molecule has 0 aliphatic heterocycles. The molecular formula is C11H15N3S. The number of hydrazone groups is 1. The lowest BCUT2D eigenvalue weighted by Gasteiger charge is -2.06. The molecule has 0 saturated carbocycles. The monoisotopic (exact) mass is 221 g/mol. The summed E-state index contributed by atoms with van der Waals surface area (Å²) in [6.07, 6.45) is 0. The Labute approximate surface area is 95.4 Å². The molecule has 4 heteroatoms. The minimum atomic E-state index is 0.180. The number of thiocarbonyl (C=S) groups is 1. The Balaban J connectivity index is 2.99. The highest BCUT2D eigenvalue weighted by molar-refractivity contribution is 7.80. The summed E-state index contributed by atoms with van der Waals surface area (Å²) in [5, 5.41) is 4.28. The fourth-order valence-electron chi connectivity index (χ4n) is 1.32. The van der Waals surface area contributed by atoms with E-state index in [1.165, 1.54) is 11.1 Å². The van der Waals surface area contributed by atoms with Crippen LogP contribution >= 0.6 is 12.2 Å². The summed E-state index contributed by atoms with van der Waals surface area (Å²) < 4.78 is 0. The molecule has 1 aromatic rings. The number of benzene rings is 1. The Morgan fingerprint density at radius 3 is 2.67 bits per heavy atom. The summed E-state index contributed by atoms with van der Waals surface area (Å²) >= 11 is 4.68. The van der Waals surface area contributed by atoms with E-state index in [1.807, 2.05) is 6.92 Å². The predicted molar refractivity (Wildman–Crippen MR) is 68.0 cm³/mol. The van der Waals surface area contributed by atoms with Crippen LogP contribution in [0.5, 0.6) is 0 Å². The summed E-state index contributed by atoms with van der Waals surface area (Å²) in [5.41, 5.74) is 12.3. The molecule has 0 atom stereocenters. The van der Waals surface area contributed by atoms with Gasteiger partial charge in [0, 0.05) is 5.56 Å². The van der Waals surface area contributed by atoms with Crippen LogP contribution in [0.3, 0.4) is 0 Å². The molecule has 0 aliphatic rings. The first kappa shape index (κ1) is 11.7. The number of nitrogens with two attached hydrogens (primary N) is 1. The van der Waals surface area contributed by atoms with Crippen LogP contribution in [0.2, 0.25) is 0 Å². The fourth-order valence-corrected chi connectivity index (χ4v) is 1.37. The molecule has 3 N–H and O–H groups in total. The van der Waals surface area contributed by atoms with Gasteiger partial charge in [-0.1, -0.05) is 17.7 Å². The third-order valence-electron chi connectivity index (χ3n) is 2.12. The number of nitrogens with zero attached hydrogens (tertiary/aromatic N) is 1. The normalized spacial score (nSPS) is 11.3. The van der Waals surface area contributed by atoms with Crippen molar-refractivity contribution in [3.63, 3.8) is 0 Å². The first-order valence-corrected chi connectivity index (χ1v) is 5.09. The van der Waals surface area contributed by atoms with E-state index < -0.39 is 0 Å². The predicted octanol–water partition coefficient (Wildman–Crippen LogP) is 1.86. The molecule has 1 rings (SSSR count). The van der Waals surface area contributed by atoms with Gasteiger partial charge in [0.1, 0.15) is 0 Å². The zero-order valence-electron chi connectivity index (χ0n) is 9.16. The molecule has 0 heterocycles. The first-order chi connectivity index (χ1) is 7.00. The topological polar surface area (TPSA) is 50.4 Å². The lowest BCUT2D eigenvalue weighted by atomic mass is 10.0. The van der Waals surface area contributed by atoms with Crippen molar-refractivity contribution in [3.8, 4) is 0 Å². The number of nitrogens with one attached hydrogen (secondary N) is 1. The molecule has 1 aromatic carbocycles. The zero-order chi connectivity index (χ0) is 11.4. The average Bonchev–Trinajstić information content (AvgIpc) is 2.18. The van der Waals surface area contributed by atoms with E-state index in [0.29, 0.717) is 0 Å². The van der Waals surface area contributed by atoms with Crippen molar-refractivity contribution in [3.05, 3.63) is 34.9 Å². The van der Waals surface area contributed by atoms with Gasteiger partial charge in [0.25, 0.3) is 0 Å². The molecule has 15 heavy (non-hydrogen) atoms. The van der Waals surface area contributed by atoms with Crippen molar-refractivity contribution in [1.82, 2.24) is 5.43 Å². The maximum absolute atomic E-state index is 5.30. The highest BCUT2D eigenvalue weighted by atomic mass is 32.1. The van der Waals surface area contributed by atoms with Gasteiger partial charge < -0.3 is 5.73 Å². The Bertz CT molecular complexity index is 410. The number of hydrogen-bond acceptors (Lipinski definition) is 2. The van der Waals surface area contributed by atoms with Crippen LogP contribution < -0.4 is 11.2 Å².